The Labute approximate surface area is 126 Å². The van der Waals surface area contributed by atoms with Crippen molar-refractivity contribution < 1.29 is 9.47 Å². The van der Waals surface area contributed by atoms with Crippen LogP contribution in [-0.4, -0.2) is 18.6 Å². The van der Waals surface area contributed by atoms with Crippen LogP contribution in [-0.2, 0) is 6.61 Å². The fourth-order valence-corrected chi connectivity index (χ4v) is 2.09. The second-order valence-electron chi connectivity index (χ2n) is 4.81. The quantitative estimate of drug-likeness (QED) is 0.847. The lowest BCUT2D eigenvalue weighted by molar-refractivity contribution is 0.298. The Morgan fingerprint density at radius 2 is 1.90 bits per heavy atom. The maximum Gasteiger partial charge on any atom is 0.213 e. The second-order valence-corrected chi connectivity index (χ2v) is 4.81. The first-order valence-electron chi connectivity index (χ1n) is 7.19. The fourth-order valence-electron chi connectivity index (χ4n) is 2.09. The van der Waals surface area contributed by atoms with Crippen molar-refractivity contribution in [2.75, 3.05) is 13.7 Å². The Morgan fingerprint density at radius 1 is 1.14 bits per heavy atom. The van der Waals surface area contributed by atoms with Crippen LogP contribution in [0.2, 0.25) is 0 Å². The normalized spacial score (nSPS) is 12.0. The van der Waals surface area contributed by atoms with Crippen molar-refractivity contribution in [3.8, 4) is 11.6 Å². The van der Waals surface area contributed by atoms with Crippen LogP contribution < -0.4 is 14.8 Å². The Hall–Kier alpha value is -2.07. The van der Waals surface area contributed by atoms with Crippen LogP contribution >= 0.6 is 0 Å². The van der Waals surface area contributed by atoms with Crippen LogP contribution in [0.3, 0.4) is 0 Å². The summed E-state index contributed by atoms with van der Waals surface area (Å²) in [6.45, 7) is 5.65. The summed E-state index contributed by atoms with van der Waals surface area (Å²) in [5.74, 6) is 1.44. The lowest BCUT2D eigenvalue weighted by atomic mass is 10.1. The molecule has 0 saturated heterocycles. The number of ether oxygens (including phenoxy) is 2. The Bertz CT molecular complexity index is 555. The van der Waals surface area contributed by atoms with E-state index in [0.717, 1.165) is 18.0 Å². The molecular formula is C17H22N2O2. The first kappa shape index (κ1) is 15.3. The smallest absolute Gasteiger partial charge is 0.213 e. The number of hydrogen-bond donors (Lipinski definition) is 1. The van der Waals surface area contributed by atoms with E-state index in [1.165, 1.54) is 5.56 Å². The molecule has 0 fully saturated rings. The summed E-state index contributed by atoms with van der Waals surface area (Å²) in [6.07, 6.45) is 0. The summed E-state index contributed by atoms with van der Waals surface area (Å²) in [6, 6.07) is 14.1. The minimum Gasteiger partial charge on any atom is -0.487 e. The van der Waals surface area contributed by atoms with Gasteiger partial charge in [-0.15, -0.1) is 0 Å². The van der Waals surface area contributed by atoms with Crippen molar-refractivity contribution in [2.24, 2.45) is 0 Å². The molecule has 21 heavy (non-hydrogen) atoms. The van der Waals surface area contributed by atoms with E-state index in [1.54, 1.807) is 7.11 Å². The molecule has 4 nitrogen and oxygen atoms in total. The van der Waals surface area contributed by atoms with Gasteiger partial charge in [0.05, 0.1) is 12.8 Å². The van der Waals surface area contributed by atoms with Crippen molar-refractivity contribution in [3.05, 3.63) is 53.7 Å². The van der Waals surface area contributed by atoms with Crippen LogP contribution in [0.4, 0.5) is 0 Å². The average Bonchev–Trinajstić information content (AvgIpc) is 2.54. The van der Waals surface area contributed by atoms with Gasteiger partial charge < -0.3 is 14.8 Å². The second kappa shape index (κ2) is 7.64. The largest absolute Gasteiger partial charge is 0.487 e. The Kier molecular flexibility index (Phi) is 5.58. The number of benzene rings is 1. The predicted molar refractivity (Wildman–Crippen MR) is 83.7 cm³/mol. The van der Waals surface area contributed by atoms with Gasteiger partial charge >= 0.3 is 0 Å². The summed E-state index contributed by atoms with van der Waals surface area (Å²) in [7, 11) is 1.61. The van der Waals surface area contributed by atoms with Crippen LogP contribution in [0.25, 0.3) is 0 Å². The predicted octanol–water partition coefficient (Wildman–Crippen LogP) is 3.34. The zero-order valence-corrected chi connectivity index (χ0v) is 12.8. The van der Waals surface area contributed by atoms with E-state index in [0.29, 0.717) is 18.5 Å². The van der Waals surface area contributed by atoms with Gasteiger partial charge in [-0.3, -0.25) is 0 Å². The molecule has 0 aliphatic rings. The highest BCUT2D eigenvalue weighted by molar-refractivity contribution is 5.29. The van der Waals surface area contributed by atoms with Gasteiger partial charge in [-0.2, -0.15) is 0 Å². The third-order valence-corrected chi connectivity index (χ3v) is 3.27. The summed E-state index contributed by atoms with van der Waals surface area (Å²) in [5, 5.41) is 3.39. The molecule has 1 atom stereocenters. The number of rotatable bonds is 7. The molecule has 0 aliphatic carbocycles. The van der Waals surface area contributed by atoms with Crippen LogP contribution in [0, 0.1) is 0 Å². The highest BCUT2D eigenvalue weighted by Crippen LogP contribution is 2.18. The van der Waals surface area contributed by atoms with Crippen molar-refractivity contribution in [2.45, 2.75) is 26.5 Å². The van der Waals surface area contributed by atoms with Gasteiger partial charge in [0.15, 0.2) is 0 Å². The number of aromatic nitrogens is 1. The summed E-state index contributed by atoms with van der Waals surface area (Å²) in [4.78, 5) is 4.32. The maximum atomic E-state index is 5.75. The van der Waals surface area contributed by atoms with Crippen LogP contribution in [0.5, 0.6) is 11.6 Å². The number of methoxy groups -OCH3 is 1. The van der Waals surface area contributed by atoms with Crippen molar-refractivity contribution in [3.63, 3.8) is 0 Å². The van der Waals surface area contributed by atoms with E-state index in [-0.39, 0.29) is 0 Å². The Balaban J connectivity index is 1.94. The van der Waals surface area contributed by atoms with Gasteiger partial charge in [-0.25, -0.2) is 4.98 Å². The molecule has 0 amide bonds. The van der Waals surface area contributed by atoms with E-state index < -0.39 is 0 Å². The molecule has 1 heterocycles. The van der Waals surface area contributed by atoms with E-state index in [4.69, 9.17) is 9.47 Å². The minimum atomic E-state index is 0.351. The van der Waals surface area contributed by atoms with E-state index in [2.05, 4.69) is 36.3 Å². The molecule has 0 saturated carbocycles. The van der Waals surface area contributed by atoms with Gasteiger partial charge in [0, 0.05) is 12.1 Å². The number of nitrogens with zero attached hydrogens (tertiary/aromatic N) is 1. The topological polar surface area (TPSA) is 43.4 Å². The molecule has 112 valence electrons. The molecule has 4 heteroatoms. The minimum absolute atomic E-state index is 0.351. The van der Waals surface area contributed by atoms with Crippen molar-refractivity contribution >= 4 is 0 Å². The summed E-state index contributed by atoms with van der Waals surface area (Å²) >= 11 is 0. The molecule has 0 aliphatic heterocycles. The molecule has 1 N–H and O–H groups in total. The molecule has 1 aromatic carbocycles. The van der Waals surface area contributed by atoms with Gasteiger partial charge in [-0.05, 0) is 37.2 Å². The fraction of sp³-hybridized carbons (Fsp3) is 0.353. The SMILES string of the molecule is CCNC(C)c1ccc(OCc2cccc(OC)n2)cc1. The van der Waals surface area contributed by atoms with E-state index >= 15 is 0 Å². The number of hydrogen-bond acceptors (Lipinski definition) is 4. The molecule has 0 spiro atoms. The third-order valence-electron chi connectivity index (χ3n) is 3.27. The van der Waals surface area contributed by atoms with E-state index in [9.17, 15) is 0 Å². The van der Waals surface area contributed by atoms with Gasteiger partial charge in [0.1, 0.15) is 12.4 Å². The molecule has 0 radical (unpaired) electrons. The monoisotopic (exact) mass is 286 g/mol. The Morgan fingerprint density at radius 3 is 2.57 bits per heavy atom. The maximum absolute atomic E-state index is 5.75. The van der Waals surface area contributed by atoms with E-state index in [1.807, 2.05) is 30.3 Å². The zero-order chi connectivity index (χ0) is 15.1. The van der Waals surface area contributed by atoms with Crippen LogP contribution in [0.15, 0.2) is 42.5 Å². The zero-order valence-electron chi connectivity index (χ0n) is 12.8. The van der Waals surface area contributed by atoms with Crippen molar-refractivity contribution in [1.29, 1.82) is 0 Å². The van der Waals surface area contributed by atoms with Gasteiger partial charge in [-0.1, -0.05) is 25.1 Å². The highest BCUT2D eigenvalue weighted by atomic mass is 16.5. The lowest BCUT2D eigenvalue weighted by Crippen LogP contribution is -2.17. The van der Waals surface area contributed by atoms with Crippen molar-refractivity contribution in [1.82, 2.24) is 10.3 Å². The summed E-state index contributed by atoms with van der Waals surface area (Å²) < 4.78 is 10.8. The standard InChI is InChI=1S/C17H22N2O2/c1-4-18-13(2)14-8-10-16(11-9-14)21-12-15-6-5-7-17(19-15)20-3/h5-11,13,18H,4,12H2,1-3H3. The molecule has 1 aromatic heterocycles. The molecular weight excluding hydrogens is 264 g/mol. The first-order chi connectivity index (χ1) is 10.2. The van der Waals surface area contributed by atoms with Crippen LogP contribution in [0.1, 0.15) is 31.1 Å². The molecule has 2 aromatic rings. The average molecular weight is 286 g/mol. The summed E-state index contributed by atoms with van der Waals surface area (Å²) in [5.41, 5.74) is 2.10. The molecule has 2 rings (SSSR count). The third kappa shape index (κ3) is 4.46. The first-order valence-corrected chi connectivity index (χ1v) is 7.19. The molecule has 1 unspecified atom stereocenters. The lowest BCUT2D eigenvalue weighted by Gasteiger charge is -2.13. The molecule has 0 bridgehead atoms. The highest BCUT2D eigenvalue weighted by Gasteiger charge is 2.04. The number of pyridine rings is 1. The van der Waals surface area contributed by atoms with Gasteiger partial charge in [0.2, 0.25) is 5.88 Å². The van der Waals surface area contributed by atoms with Gasteiger partial charge in [0.25, 0.3) is 0 Å². The number of nitrogens with one attached hydrogen (secondary N) is 1.